The van der Waals surface area contributed by atoms with E-state index < -0.39 is 0 Å². The Morgan fingerprint density at radius 2 is 1.95 bits per heavy atom. The molecule has 4 heteroatoms. The van der Waals surface area contributed by atoms with Crippen LogP contribution in [0.5, 0.6) is 11.5 Å². The molecule has 0 aliphatic carbocycles. The van der Waals surface area contributed by atoms with E-state index in [9.17, 15) is 0 Å². The van der Waals surface area contributed by atoms with Crippen LogP contribution in [-0.4, -0.2) is 51.5 Å². The maximum absolute atomic E-state index is 5.90. The van der Waals surface area contributed by atoms with Crippen molar-refractivity contribution in [3.05, 3.63) is 29.8 Å². The number of nitrogens with zero attached hydrogens (tertiary/aromatic N) is 1. The number of allylic oxidation sites excluding steroid dienone is 1. The molecule has 0 spiro atoms. The molecule has 0 saturated carbocycles. The van der Waals surface area contributed by atoms with Crippen LogP contribution in [0.25, 0.3) is 6.08 Å². The summed E-state index contributed by atoms with van der Waals surface area (Å²) in [7, 11) is 1.69. The van der Waals surface area contributed by atoms with Gasteiger partial charge in [-0.05, 0) is 24.1 Å². The highest BCUT2D eigenvalue weighted by Crippen LogP contribution is 2.24. The van der Waals surface area contributed by atoms with Crippen LogP contribution < -0.4 is 9.47 Å². The van der Waals surface area contributed by atoms with Gasteiger partial charge in [0, 0.05) is 25.7 Å². The highest BCUT2D eigenvalue weighted by Gasteiger charge is 2.10. The Balaban J connectivity index is 1.89. The van der Waals surface area contributed by atoms with Crippen LogP contribution in [0.1, 0.15) is 25.3 Å². The average molecular weight is 305 g/mol. The Kier molecular flexibility index (Phi) is 7.26. The van der Waals surface area contributed by atoms with Crippen LogP contribution in [0.3, 0.4) is 0 Å². The smallest absolute Gasteiger partial charge is 0.123 e. The first-order valence-electron chi connectivity index (χ1n) is 8.10. The molecule has 1 aromatic carbocycles. The molecule has 0 amide bonds. The zero-order valence-electron chi connectivity index (χ0n) is 13.7. The molecule has 0 unspecified atom stereocenters. The van der Waals surface area contributed by atoms with Crippen LogP contribution >= 0.6 is 0 Å². The van der Waals surface area contributed by atoms with Gasteiger partial charge in [0.2, 0.25) is 0 Å². The minimum Gasteiger partial charge on any atom is -0.497 e. The van der Waals surface area contributed by atoms with Gasteiger partial charge in [-0.1, -0.05) is 25.5 Å². The average Bonchev–Trinajstić information content (AvgIpc) is 2.56. The largest absolute Gasteiger partial charge is 0.497 e. The van der Waals surface area contributed by atoms with Gasteiger partial charge < -0.3 is 14.2 Å². The molecule has 0 aromatic heterocycles. The predicted molar refractivity (Wildman–Crippen MR) is 89.7 cm³/mol. The fourth-order valence-electron chi connectivity index (χ4n) is 2.39. The molecule has 0 radical (unpaired) electrons. The molecular formula is C18H27NO3. The number of hydrogen-bond donors (Lipinski definition) is 0. The highest BCUT2D eigenvalue weighted by molar-refractivity contribution is 5.55. The lowest BCUT2D eigenvalue weighted by Crippen LogP contribution is -2.38. The third-order valence-electron chi connectivity index (χ3n) is 3.68. The molecule has 1 fully saturated rings. The quantitative estimate of drug-likeness (QED) is 0.738. The molecule has 1 aromatic rings. The second-order valence-corrected chi connectivity index (χ2v) is 5.44. The van der Waals surface area contributed by atoms with E-state index >= 15 is 0 Å². The van der Waals surface area contributed by atoms with E-state index in [0.29, 0.717) is 6.61 Å². The molecule has 22 heavy (non-hydrogen) atoms. The lowest BCUT2D eigenvalue weighted by molar-refractivity contribution is 0.0322. The van der Waals surface area contributed by atoms with Crippen LogP contribution in [0.4, 0.5) is 0 Å². The lowest BCUT2D eigenvalue weighted by Gasteiger charge is -2.26. The van der Waals surface area contributed by atoms with Crippen LogP contribution in [0.2, 0.25) is 0 Å². The molecule has 4 nitrogen and oxygen atoms in total. The van der Waals surface area contributed by atoms with Crippen LogP contribution in [-0.2, 0) is 4.74 Å². The van der Waals surface area contributed by atoms with Crippen molar-refractivity contribution in [1.82, 2.24) is 4.90 Å². The fourth-order valence-corrected chi connectivity index (χ4v) is 2.39. The van der Waals surface area contributed by atoms with Gasteiger partial charge in [-0.2, -0.15) is 0 Å². The Bertz CT molecular complexity index is 467. The van der Waals surface area contributed by atoms with E-state index in [4.69, 9.17) is 14.2 Å². The van der Waals surface area contributed by atoms with Gasteiger partial charge in [-0.25, -0.2) is 0 Å². The second kappa shape index (κ2) is 9.49. The van der Waals surface area contributed by atoms with Gasteiger partial charge in [-0.3, -0.25) is 4.90 Å². The van der Waals surface area contributed by atoms with Crippen molar-refractivity contribution >= 4 is 6.08 Å². The number of methoxy groups -OCH3 is 1. The van der Waals surface area contributed by atoms with E-state index in [-0.39, 0.29) is 0 Å². The maximum Gasteiger partial charge on any atom is 0.123 e. The topological polar surface area (TPSA) is 30.9 Å². The first kappa shape index (κ1) is 16.8. The third-order valence-corrected chi connectivity index (χ3v) is 3.68. The molecule has 0 N–H and O–H groups in total. The van der Waals surface area contributed by atoms with Crippen LogP contribution in [0.15, 0.2) is 24.3 Å². The molecule has 0 bridgehead atoms. The predicted octanol–water partition coefficient (Wildman–Crippen LogP) is 3.22. The van der Waals surface area contributed by atoms with Crippen molar-refractivity contribution in [2.45, 2.75) is 19.8 Å². The van der Waals surface area contributed by atoms with Gasteiger partial charge in [0.1, 0.15) is 18.1 Å². The van der Waals surface area contributed by atoms with Gasteiger partial charge in [0.25, 0.3) is 0 Å². The maximum atomic E-state index is 5.90. The summed E-state index contributed by atoms with van der Waals surface area (Å²) in [5.41, 5.74) is 1.12. The van der Waals surface area contributed by atoms with Gasteiger partial charge in [0.15, 0.2) is 0 Å². The lowest BCUT2D eigenvalue weighted by atomic mass is 10.1. The van der Waals surface area contributed by atoms with Crippen LogP contribution in [0, 0.1) is 0 Å². The van der Waals surface area contributed by atoms with Gasteiger partial charge in [0.05, 0.1) is 20.3 Å². The second-order valence-electron chi connectivity index (χ2n) is 5.44. The highest BCUT2D eigenvalue weighted by atomic mass is 16.5. The molecular weight excluding hydrogens is 278 g/mol. The fraction of sp³-hybridized carbons (Fsp3) is 0.556. The molecule has 1 saturated heterocycles. The van der Waals surface area contributed by atoms with E-state index in [0.717, 1.165) is 62.8 Å². The van der Waals surface area contributed by atoms with E-state index in [2.05, 4.69) is 30.0 Å². The molecule has 1 heterocycles. The summed E-state index contributed by atoms with van der Waals surface area (Å²) in [4.78, 5) is 2.37. The molecule has 1 aliphatic rings. The summed E-state index contributed by atoms with van der Waals surface area (Å²) in [6.07, 6.45) is 6.56. The van der Waals surface area contributed by atoms with Crippen molar-refractivity contribution in [3.63, 3.8) is 0 Å². The standard InChI is InChI=1S/C18H27NO3/c1-3-4-5-6-16-13-17(20-2)15-18(14-16)22-12-9-19-7-10-21-11-8-19/h5-6,13-15H,3-4,7-12H2,1-2H3/b6-5+. The summed E-state index contributed by atoms with van der Waals surface area (Å²) in [6, 6.07) is 6.03. The summed E-state index contributed by atoms with van der Waals surface area (Å²) in [6.45, 7) is 7.43. The normalized spacial score (nSPS) is 16.1. The Labute approximate surface area is 133 Å². The number of rotatable bonds is 8. The van der Waals surface area contributed by atoms with E-state index in [1.54, 1.807) is 7.11 Å². The Morgan fingerprint density at radius 1 is 1.18 bits per heavy atom. The number of morpholine rings is 1. The van der Waals surface area contributed by atoms with Gasteiger partial charge >= 0.3 is 0 Å². The minimum absolute atomic E-state index is 0.686. The molecule has 122 valence electrons. The SMILES string of the molecule is CCC/C=C/c1cc(OC)cc(OCCN2CCOCC2)c1. The molecule has 2 rings (SSSR count). The number of ether oxygens (including phenoxy) is 3. The summed E-state index contributed by atoms with van der Waals surface area (Å²) in [5.74, 6) is 1.70. The van der Waals surface area contributed by atoms with Crippen molar-refractivity contribution in [3.8, 4) is 11.5 Å². The van der Waals surface area contributed by atoms with E-state index in [1.807, 2.05) is 12.1 Å². The van der Waals surface area contributed by atoms with Crippen molar-refractivity contribution in [2.24, 2.45) is 0 Å². The minimum atomic E-state index is 0.686. The summed E-state index contributed by atoms with van der Waals surface area (Å²) < 4.78 is 16.6. The van der Waals surface area contributed by atoms with Crippen molar-refractivity contribution in [1.29, 1.82) is 0 Å². The van der Waals surface area contributed by atoms with E-state index in [1.165, 1.54) is 0 Å². The molecule has 1 aliphatic heterocycles. The number of benzene rings is 1. The number of unbranched alkanes of at least 4 members (excludes halogenated alkanes) is 1. The monoisotopic (exact) mass is 305 g/mol. The third kappa shape index (κ3) is 5.70. The summed E-state index contributed by atoms with van der Waals surface area (Å²) >= 11 is 0. The summed E-state index contributed by atoms with van der Waals surface area (Å²) in [5, 5.41) is 0. The zero-order chi connectivity index (χ0) is 15.6. The first-order valence-corrected chi connectivity index (χ1v) is 8.10. The number of hydrogen-bond acceptors (Lipinski definition) is 4. The Hall–Kier alpha value is -1.52. The molecule has 0 atom stereocenters. The van der Waals surface area contributed by atoms with Crippen molar-refractivity contribution < 1.29 is 14.2 Å². The van der Waals surface area contributed by atoms with Gasteiger partial charge in [-0.15, -0.1) is 0 Å². The zero-order valence-corrected chi connectivity index (χ0v) is 13.7. The first-order chi connectivity index (χ1) is 10.8. The Morgan fingerprint density at radius 3 is 2.68 bits per heavy atom. The van der Waals surface area contributed by atoms with Crippen molar-refractivity contribution in [2.75, 3.05) is 46.6 Å².